The summed E-state index contributed by atoms with van der Waals surface area (Å²) in [4.78, 5) is 0. The normalized spacial score (nSPS) is 25.8. The molecule has 2 nitrogen and oxygen atoms in total. The van der Waals surface area contributed by atoms with Crippen molar-refractivity contribution < 1.29 is 9.84 Å². The highest BCUT2D eigenvalue weighted by Gasteiger charge is 2.21. The first kappa shape index (κ1) is 13.7. The van der Waals surface area contributed by atoms with E-state index < -0.39 is 6.10 Å². The fourth-order valence-corrected chi connectivity index (χ4v) is 2.80. The molecule has 0 saturated heterocycles. The first-order valence-corrected chi connectivity index (χ1v) is 7.08. The van der Waals surface area contributed by atoms with Crippen molar-refractivity contribution >= 4 is 11.6 Å². The molecule has 1 aliphatic carbocycles. The predicted molar refractivity (Wildman–Crippen MR) is 74.1 cm³/mol. The second kappa shape index (κ2) is 5.94. The molecule has 0 aromatic heterocycles. The molecule has 0 radical (unpaired) electrons. The van der Waals surface area contributed by atoms with Crippen molar-refractivity contribution in [2.24, 2.45) is 5.92 Å². The van der Waals surface area contributed by atoms with Crippen LogP contribution in [-0.2, 0) is 0 Å². The fraction of sp³-hybridized carbons (Fsp3) is 0.600. The van der Waals surface area contributed by atoms with E-state index in [1.54, 1.807) is 13.0 Å². The second-order valence-electron chi connectivity index (χ2n) is 5.37. The third-order valence-electron chi connectivity index (χ3n) is 3.60. The van der Waals surface area contributed by atoms with Crippen molar-refractivity contribution in [3.63, 3.8) is 0 Å². The Morgan fingerprint density at radius 2 is 2.17 bits per heavy atom. The molecular formula is C15H21ClO2. The van der Waals surface area contributed by atoms with Gasteiger partial charge in [0.25, 0.3) is 0 Å². The average Bonchev–Trinajstić information content (AvgIpc) is 2.31. The molecule has 1 aromatic rings. The average molecular weight is 269 g/mol. The van der Waals surface area contributed by atoms with Crippen LogP contribution in [0.25, 0.3) is 0 Å². The first-order valence-electron chi connectivity index (χ1n) is 6.70. The van der Waals surface area contributed by atoms with Crippen LogP contribution in [-0.4, -0.2) is 11.2 Å². The molecule has 0 spiro atoms. The van der Waals surface area contributed by atoms with E-state index in [1.807, 2.05) is 12.1 Å². The molecule has 1 saturated carbocycles. The molecule has 0 amide bonds. The third kappa shape index (κ3) is 3.39. The van der Waals surface area contributed by atoms with Crippen molar-refractivity contribution in [2.75, 3.05) is 0 Å². The molecule has 3 atom stereocenters. The van der Waals surface area contributed by atoms with Crippen LogP contribution in [0.15, 0.2) is 18.2 Å². The highest BCUT2D eigenvalue weighted by atomic mass is 35.5. The number of ether oxygens (including phenoxy) is 1. The van der Waals surface area contributed by atoms with E-state index in [0.29, 0.717) is 5.02 Å². The van der Waals surface area contributed by atoms with Crippen LogP contribution < -0.4 is 4.74 Å². The molecule has 1 aromatic carbocycles. The number of aliphatic hydroxyl groups is 1. The van der Waals surface area contributed by atoms with Crippen molar-refractivity contribution in [3.8, 4) is 5.75 Å². The summed E-state index contributed by atoms with van der Waals surface area (Å²) in [7, 11) is 0. The molecule has 18 heavy (non-hydrogen) atoms. The quantitative estimate of drug-likeness (QED) is 0.883. The zero-order valence-corrected chi connectivity index (χ0v) is 11.8. The second-order valence-corrected chi connectivity index (χ2v) is 5.81. The number of hydrogen-bond acceptors (Lipinski definition) is 2. The lowest BCUT2D eigenvalue weighted by Gasteiger charge is -2.28. The van der Waals surface area contributed by atoms with Crippen molar-refractivity contribution in [3.05, 3.63) is 28.8 Å². The zero-order chi connectivity index (χ0) is 13.1. The SMILES string of the molecule is CC1CCCC(Oc2ccc(Cl)cc2[C@@H](C)O)C1. The summed E-state index contributed by atoms with van der Waals surface area (Å²) in [5, 5.41) is 10.4. The Balaban J connectivity index is 2.12. The van der Waals surface area contributed by atoms with Gasteiger partial charge in [0.05, 0.1) is 12.2 Å². The molecule has 2 rings (SSSR count). The number of benzene rings is 1. The van der Waals surface area contributed by atoms with Gasteiger partial charge in [-0.1, -0.05) is 24.9 Å². The molecule has 1 fully saturated rings. The van der Waals surface area contributed by atoms with Gasteiger partial charge in [0.15, 0.2) is 0 Å². The van der Waals surface area contributed by atoms with Gasteiger partial charge in [0.1, 0.15) is 5.75 Å². The van der Waals surface area contributed by atoms with Crippen LogP contribution in [0.1, 0.15) is 51.2 Å². The zero-order valence-electron chi connectivity index (χ0n) is 11.0. The summed E-state index contributed by atoms with van der Waals surface area (Å²) in [6, 6.07) is 5.46. The van der Waals surface area contributed by atoms with Gasteiger partial charge in [0.2, 0.25) is 0 Å². The topological polar surface area (TPSA) is 29.5 Å². The van der Waals surface area contributed by atoms with Crippen LogP contribution >= 0.6 is 11.6 Å². The maximum Gasteiger partial charge on any atom is 0.125 e. The summed E-state index contributed by atoms with van der Waals surface area (Å²) in [5.41, 5.74) is 0.778. The van der Waals surface area contributed by atoms with E-state index >= 15 is 0 Å². The molecule has 100 valence electrons. The number of rotatable bonds is 3. The van der Waals surface area contributed by atoms with Crippen LogP contribution in [0.3, 0.4) is 0 Å². The third-order valence-corrected chi connectivity index (χ3v) is 3.84. The van der Waals surface area contributed by atoms with E-state index in [9.17, 15) is 5.11 Å². The highest BCUT2D eigenvalue weighted by Crippen LogP contribution is 2.32. The Morgan fingerprint density at radius 3 is 2.83 bits per heavy atom. The molecule has 2 unspecified atom stereocenters. The van der Waals surface area contributed by atoms with Gasteiger partial charge in [0, 0.05) is 10.6 Å². The molecule has 1 aliphatic rings. The standard InChI is InChI=1S/C15H21ClO2/c1-10-4-3-5-13(8-10)18-15-7-6-12(16)9-14(15)11(2)17/h6-7,9-11,13,17H,3-5,8H2,1-2H3/t10?,11-,13?/m1/s1. The highest BCUT2D eigenvalue weighted by molar-refractivity contribution is 6.30. The minimum Gasteiger partial charge on any atom is -0.490 e. The Morgan fingerprint density at radius 1 is 1.39 bits per heavy atom. The molecule has 1 N–H and O–H groups in total. The summed E-state index contributed by atoms with van der Waals surface area (Å²) >= 11 is 5.96. The van der Waals surface area contributed by atoms with E-state index in [4.69, 9.17) is 16.3 Å². The van der Waals surface area contributed by atoms with Gasteiger partial charge in [-0.15, -0.1) is 0 Å². The first-order chi connectivity index (χ1) is 8.56. The van der Waals surface area contributed by atoms with E-state index in [1.165, 1.54) is 12.8 Å². The van der Waals surface area contributed by atoms with E-state index in [0.717, 1.165) is 30.1 Å². The Bertz CT molecular complexity index is 403. The van der Waals surface area contributed by atoms with Gasteiger partial charge in [-0.25, -0.2) is 0 Å². The van der Waals surface area contributed by atoms with Crippen LogP contribution in [0.4, 0.5) is 0 Å². The van der Waals surface area contributed by atoms with E-state index in [-0.39, 0.29) is 6.10 Å². The largest absolute Gasteiger partial charge is 0.490 e. The van der Waals surface area contributed by atoms with Gasteiger partial charge in [-0.05, 0) is 50.3 Å². The van der Waals surface area contributed by atoms with Crippen LogP contribution in [0.5, 0.6) is 5.75 Å². The summed E-state index contributed by atoms with van der Waals surface area (Å²) < 4.78 is 6.05. The number of hydrogen-bond donors (Lipinski definition) is 1. The van der Waals surface area contributed by atoms with Gasteiger partial charge in [-0.3, -0.25) is 0 Å². The lowest BCUT2D eigenvalue weighted by molar-refractivity contribution is 0.121. The monoisotopic (exact) mass is 268 g/mol. The van der Waals surface area contributed by atoms with Gasteiger partial charge in [-0.2, -0.15) is 0 Å². The van der Waals surface area contributed by atoms with Crippen LogP contribution in [0.2, 0.25) is 5.02 Å². The summed E-state index contributed by atoms with van der Waals surface area (Å²) in [6.07, 6.45) is 4.44. The summed E-state index contributed by atoms with van der Waals surface area (Å²) in [5.74, 6) is 1.50. The number of halogens is 1. The fourth-order valence-electron chi connectivity index (χ4n) is 2.62. The Kier molecular flexibility index (Phi) is 4.52. The maximum atomic E-state index is 9.77. The van der Waals surface area contributed by atoms with Crippen molar-refractivity contribution in [1.29, 1.82) is 0 Å². The van der Waals surface area contributed by atoms with E-state index in [2.05, 4.69) is 6.92 Å². The van der Waals surface area contributed by atoms with Gasteiger partial charge >= 0.3 is 0 Å². The Hall–Kier alpha value is -0.730. The van der Waals surface area contributed by atoms with Crippen molar-refractivity contribution in [1.82, 2.24) is 0 Å². The molecule has 0 bridgehead atoms. The van der Waals surface area contributed by atoms with Crippen LogP contribution in [0, 0.1) is 5.92 Å². The van der Waals surface area contributed by atoms with Crippen molar-refractivity contribution in [2.45, 2.75) is 51.7 Å². The molecular weight excluding hydrogens is 248 g/mol. The molecule has 0 aliphatic heterocycles. The maximum absolute atomic E-state index is 9.77. The molecule has 0 heterocycles. The minimum absolute atomic E-state index is 0.271. The van der Waals surface area contributed by atoms with Gasteiger partial charge < -0.3 is 9.84 Å². The number of aliphatic hydroxyl groups excluding tert-OH is 1. The summed E-state index contributed by atoms with van der Waals surface area (Å²) in [6.45, 7) is 4.01. The molecule has 3 heteroatoms. The predicted octanol–water partition coefficient (Wildman–Crippen LogP) is 4.35. The smallest absolute Gasteiger partial charge is 0.125 e. The lowest BCUT2D eigenvalue weighted by Crippen LogP contribution is -2.24. The Labute approximate surface area is 114 Å². The lowest BCUT2D eigenvalue weighted by atomic mass is 9.88. The minimum atomic E-state index is -0.556.